The molecule has 1 aromatic carbocycles. The quantitative estimate of drug-likeness (QED) is 0.569. The number of aryl methyl sites for hydroxylation is 2. The minimum Gasteiger partial charge on any atom is -0.328 e. The SMILES string of the molecule is CCC(=O)c1cc(C)cc(NC(=O)[C@H]2CCC(=O)N2C2CCN(Cc3ccc(Cl)c(C)c3)CC2)n1. The topological polar surface area (TPSA) is 82.6 Å². The number of aromatic nitrogens is 1. The van der Waals surface area contributed by atoms with E-state index in [0.717, 1.165) is 48.6 Å². The van der Waals surface area contributed by atoms with Crippen molar-refractivity contribution >= 4 is 35.0 Å². The van der Waals surface area contributed by atoms with Crippen LogP contribution in [0.15, 0.2) is 30.3 Å². The number of amides is 2. The highest BCUT2D eigenvalue weighted by molar-refractivity contribution is 6.31. The second-order valence-corrected chi connectivity index (χ2v) is 10.0. The van der Waals surface area contributed by atoms with E-state index < -0.39 is 6.04 Å². The summed E-state index contributed by atoms with van der Waals surface area (Å²) in [6.45, 7) is 8.25. The predicted octanol–water partition coefficient (Wildman–Crippen LogP) is 4.54. The normalized spacial score (nSPS) is 19.3. The second-order valence-electron chi connectivity index (χ2n) is 9.63. The third-order valence-electron chi connectivity index (χ3n) is 6.96. The second kappa shape index (κ2) is 10.9. The number of nitrogens with zero attached hydrogens (tertiary/aromatic N) is 3. The highest BCUT2D eigenvalue weighted by Gasteiger charge is 2.41. The van der Waals surface area contributed by atoms with Crippen LogP contribution < -0.4 is 5.32 Å². The maximum absolute atomic E-state index is 13.2. The molecular formula is C27H33ClN4O3. The third-order valence-corrected chi connectivity index (χ3v) is 7.39. The monoisotopic (exact) mass is 496 g/mol. The van der Waals surface area contributed by atoms with Gasteiger partial charge in [-0.25, -0.2) is 4.98 Å². The van der Waals surface area contributed by atoms with Gasteiger partial charge in [-0.05, 0) is 68.0 Å². The molecule has 4 rings (SSSR count). The molecule has 8 heteroatoms. The fourth-order valence-corrected chi connectivity index (χ4v) is 5.22. The number of likely N-dealkylation sites (tertiary alicyclic amines) is 2. The number of halogens is 1. The van der Waals surface area contributed by atoms with Crippen LogP contribution in [0.4, 0.5) is 5.82 Å². The van der Waals surface area contributed by atoms with Crippen LogP contribution in [0, 0.1) is 13.8 Å². The summed E-state index contributed by atoms with van der Waals surface area (Å²) in [6, 6.07) is 9.14. The summed E-state index contributed by atoms with van der Waals surface area (Å²) in [7, 11) is 0. The molecule has 3 heterocycles. The average molecular weight is 497 g/mol. The van der Waals surface area contributed by atoms with Gasteiger partial charge in [-0.1, -0.05) is 30.7 Å². The Morgan fingerprint density at radius 1 is 1.11 bits per heavy atom. The fourth-order valence-electron chi connectivity index (χ4n) is 5.10. The summed E-state index contributed by atoms with van der Waals surface area (Å²) in [5.74, 6) is 0.0976. The van der Waals surface area contributed by atoms with Crippen LogP contribution in [0.2, 0.25) is 5.02 Å². The molecule has 1 N–H and O–H groups in total. The molecule has 2 aromatic rings. The van der Waals surface area contributed by atoms with Gasteiger partial charge in [-0.2, -0.15) is 0 Å². The Morgan fingerprint density at radius 2 is 1.86 bits per heavy atom. The smallest absolute Gasteiger partial charge is 0.248 e. The molecule has 1 atom stereocenters. The number of benzene rings is 1. The van der Waals surface area contributed by atoms with Gasteiger partial charge in [0.25, 0.3) is 0 Å². The van der Waals surface area contributed by atoms with Crippen molar-refractivity contribution in [1.29, 1.82) is 0 Å². The van der Waals surface area contributed by atoms with Crippen molar-refractivity contribution in [2.75, 3.05) is 18.4 Å². The van der Waals surface area contributed by atoms with E-state index in [1.165, 1.54) is 5.56 Å². The van der Waals surface area contributed by atoms with Gasteiger partial charge in [-0.3, -0.25) is 19.3 Å². The van der Waals surface area contributed by atoms with E-state index in [0.29, 0.717) is 30.8 Å². The van der Waals surface area contributed by atoms with Crippen LogP contribution >= 0.6 is 11.6 Å². The molecule has 2 aliphatic rings. The lowest BCUT2D eigenvalue weighted by atomic mass is 10.0. The summed E-state index contributed by atoms with van der Waals surface area (Å²) < 4.78 is 0. The average Bonchev–Trinajstić information content (AvgIpc) is 3.22. The van der Waals surface area contributed by atoms with Crippen LogP contribution in [0.5, 0.6) is 0 Å². The lowest BCUT2D eigenvalue weighted by molar-refractivity contribution is -0.136. The summed E-state index contributed by atoms with van der Waals surface area (Å²) in [5.41, 5.74) is 3.51. The molecule has 186 valence electrons. The number of anilines is 1. The Labute approximate surface area is 211 Å². The van der Waals surface area contributed by atoms with Crippen molar-refractivity contribution in [2.24, 2.45) is 0 Å². The van der Waals surface area contributed by atoms with Crippen molar-refractivity contribution in [3.8, 4) is 0 Å². The molecule has 1 aromatic heterocycles. The van der Waals surface area contributed by atoms with E-state index in [9.17, 15) is 14.4 Å². The molecular weight excluding hydrogens is 464 g/mol. The molecule has 0 spiro atoms. The van der Waals surface area contributed by atoms with Crippen molar-refractivity contribution in [1.82, 2.24) is 14.8 Å². The number of Topliss-reactive ketones (excluding diaryl/α,β-unsaturated/α-hetero) is 1. The van der Waals surface area contributed by atoms with Gasteiger partial charge >= 0.3 is 0 Å². The van der Waals surface area contributed by atoms with Crippen molar-refractivity contribution in [3.63, 3.8) is 0 Å². The maximum atomic E-state index is 13.2. The molecule has 2 amide bonds. The first-order chi connectivity index (χ1) is 16.7. The van der Waals surface area contributed by atoms with E-state index in [2.05, 4.69) is 27.3 Å². The number of ketones is 1. The third kappa shape index (κ3) is 5.90. The van der Waals surface area contributed by atoms with Crippen molar-refractivity contribution in [3.05, 3.63) is 57.7 Å². The fraction of sp³-hybridized carbons (Fsp3) is 0.481. The number of hydrogen-bond donors (Lipinski definition) is 1. The minimum absolute atomic E-state index is 0.0379. The van der Waals surface area contributed by atoms with E-state index in [4.69, 9.17) is 11.6 Å². The molecule has 0 aliphatic carbocycles. The number of hydrogen-bond acceptors (Lipinski definition) is 5. The Bertz CT molecular complexity index is 1130. The molecule has 0 bridgehead atoms. The van der Waals surface area contributed by atoms with Gasteiger partial charge in [-0.15, -0.1) is 0 Å². The number of nitrogens with one attached hydrogen (secondary N) is 1. The highest BCUT2D eigenvalue weighted by Crippen LogP contribution is 2.29. The summed E-state index contributed by atoms with van der Waals surface area (Å²) >= 11 is 6.15. The van der Waals surface area contributed by atoms with E-state index in [-0.39, 0.29) is 23.6 Å². The summed E-state index contributed by atoms with van der Waals surface area (Å²) in [5, 5.41) is 3.64. The van der Waals surface area contributed by atoms with Gasteiger partial charge < -0.3 is 10.2 Å². The van der Waals surface area contributed by atoms with Crippen molar-refractivity contribution < 1.29 is 14.4 Å². The molecule has 7 nitrogen and oxygen atoms in total. The molecule has 0 unspecified atom stereocenters. The van der Waals surface area contributed by atoms with Gasteiger partial charge in [0.15, 0.2) is 5.78 Å². The summed E-state index contributed by atoms with van der Waals surface area (Å²) in [6.07, 6.45) is 2.90. The van der Waals surface area contributed by atoms with E-state index >= 15 is 0 Å². The van der Waals surface area contributed by atoms with Crippen LogP contribution in [-0.2, 0) is 16.1 Å². The first-order valence-corrected chi connectivity index (χ1v) is 12.7. The summed E-state index contributed by atoms with van der Waals surface area (Å²) in [4.78, 5) is 46.6. The molecule has 2 saturated heterocycles. The first kappa shape index (κ1) is 25.3. The largest absolute Gasteiger partial charge is 0.328 e. The zero-order valence-electron chi connectivity index (χ0n) is 20.6. The van der Waals surface area contributed by atoms with Crippen LogP contribution in [0.25, 0.3) is 0 Å². The van der Waals surface area contributed by atoms with Gasteiger partial charge in [0.1, 0.15) is 17.6 Å². The number of pyridine rings is 1. The van der Waals surface area contributed by atoms with Gasteiger partial charge in [0, 0.05) is 43.5 Å². The zero-order chi connectivity index (χ0) is 25.1. The lowest BCUT2D eigenvalue weighted by Crippen LogP contribution is -2.51. The standard InChI is InChI=1S/C27H33ClN4O3/c1-4-24(33)22-13-17(2)14-25(29-22)30-27(35)23-7-8-26(34)32(23)20-9-11-31(12-10-20)16-19-5-6-21(28)18(3)15-19/h5-6,13-15,20,23H,4,7-12,16H2,1-3H3,(H,29,30,35)/t23-/m1/s1. The van der Waals surface area contributed by atoms with Crippen LogP contribution in [0.3, 0.4) is 0 Å². The molecule has 35 heavy (non-hydrogen) atoms. The highest BCUT2D eigenvalue weighted by atomic mass is 35.5. The van der Waals surface area contributed by atoms with Gasteiger partial charge in [0.2, 0.25) is 11.8 Å². The molecule has 0 radical (unpaired) electrons. The Morgan fingerprint density at radius 3 is 2.54 bits per heavy atom. The minimum atomic E-state index is -0.509. The number of rotatable bonds is 7. The Balaban J connectivity index is 1.39. The lowest BCUT2D eigenvalue weighted by Gasteiger charge is -2.39. The molecule has 2 fully saturated rings. The van der Waals surface area contributed by atoms with Gasteiger partial charge in [0.05, 0.1) is 0 Å². The van der Waals surface area contributed by atoms with E-state index in [1.54, 1.807) is 24.0 Å². The van der Waals surface area contributed by atoms with Crippen LogP contribution in [-0.4, -0.2) is 57.6 Å². The Kier molecular flexibility index (Phi) is 7.87. The Hall–Kier alpha value is -2.77. The predicted molar refractivity (Wildman–Crippen MR) is 137 cm³/mol. The zero-order valence-corrected chi connectivity index (χ0v) is 21.4. The number of piperidine rings is 1. The van der Waals surface area contributed by atoms with Crippen molar-refractivity contribution in [2.45, 2.75) is 71.5 Å². The van der Waals surface area contributed by atoms with Crippen LogP contribution in [0.1, 0.15) is 66.2 Å². The number of carbonyl (C=O) groups excluding carboxylic acids is 3. The van der Waals surface area contributed by atoms with E-state index in [1.807, 2.05) is 19.9 Å². The first-order valence-electron chi connectivity index (χ1n) is 12.4. The maximum Gasteiger partial charge on any atom is 0.248 e. The molecule has 0 saturated carbocycles. The number of carbonyl (C=O) groups is 3. The molecule has 2 aliphatic heterocycles.